The van der Waals surface area contributed by atoms with Crippen molar-refractivity contribution in [2.45, 2.75) is 18.0 Å². The van der Waals surface area contributed by atoms with E-state index in [4.69, 9.17) is 11.6 Å². The molecule has 34 heavy (non-hydrogen) atoms. The number of carbonyl (C=O) groups excluding carboxylic acids is 1. The third kappa shape index (κ3) is 6.72. The van der Waals surface area contributed by atoms with Crippen molar-refractivity contribution in [3.63, 3.8) is 0 Å². The van der Waals surface area contributed by atoms with E-state index in [-0.39, 0.29) is 23.7 Å². The van der Waals surface area contributed by atoms with Crippen LogP contribution in [0.15, 0.2) is 77.7 Å². The number of carbonyl (C=O) groups is 1. The summed E-state index contributed by atoms with van der Waals surface area (Å²) in [5.41, 5.74) is 0.434. The largest absolute Gasteiger partial charge is 0.416 e. The lowest BCUT2D eigenvalue weighted by Crippen LogP contribution is -2.41. The number of alkyl halides is 3. The molecule has 3 rings (SSSR count). The maximum Gasteiger partial charge on any atom is 0.416 e. The minimum Gasteiger partial charge on any atom is -0.308 e. The molecule has 0 saturated carbocycles. The Labute approximate surface area is 200 Å². The van der Waals surface area contributed by atoms with Crippen molar-refractivity contribution in [1.82, 2.24) is 4.72 Å². The lowest BCUT2D eigenvalue weighted by atomic mass is 10.2. The summed E-state index contributed by atoms with van der Waals surface area (Å²) in [5, 5.41) is 2.99. The first kappa shape index (κ1) is 25.5. The Morgan fingerprint density at radius 2 is 1.65 bits per heavy atom. The molecule has 0 aliphatic heterocycles. The number of urea groups is 1. The summed E-state index contributed by atoms with van der Waals surface area (Å²) >= 11 is 5.78. The zero-order valence-electron chi connectivity index (χ0n) is 17.9. The fourth-order valence-electron chi connectivity index (χ4n) is 3.01. The second-order valence-corrected chi connectivity index (χ2v) is 9.55. The van der Waals surface area contributed by atoms with Crippen LogP contribution in [0, 0.1) is 6.92 Å². The molecule has 0 bridgehead atoms. The van der Waals surface area contributed by atoms with Gasteiger partial charge in [0.05, 0.1) is 10.5 Å². The normalized spacial score (nSPS) is 11.8. The highest BCUT2D eigenvalue weighted by molar-refractivity contribution is 7.89. The van der Waals surface area contributed by atoms with Crippen LogP contribution in [-0.2, 0) is 16.2 Å². The number of sulfonamides is 1. The number of nitrogens with zero attached hydrogens (tertiary/aromatic N) is 1. The first-order valence-electron chi connectivity index (χ1n) is 10.0. The molecule has 0 spiro atoms. The van der Waals surface area contributed by atoms with E-state index in [1.54, 1.807) is 24.3 Å². The molecule has 2 amide bonds. The number of hydrogen-bond acceptors (Lipinski definition) is 3. The molecule has 0 saturated heterocycles. The van der Waals surface area contributed by atoms with Gasteiger partial charge in [0.15, 0.2) is 0 Å². The molecule has 0 fully saturated rings. The Balaban J connectivity index is 1.82. The summed E-state index contributed by atoms with van der Waals surface area (Å²) in [6.45, 7) is 1.39. The van der Waals surface area contributed by atoms with Crippen LogP contribution in [0.2, 0.25) is 5.02 Å². The van der Waals surface area contributed by atoms with Gasteiger partial charge >= 0.3 is 12.2 Å². The minimum absolute atomic E-state index is 0.0355. The predicted molar refractivity (Wildman–Crippen MR) is 126 cm³/mol. The average molecular weight is 512 g/mol. The van der Waals surface area contributed by atoms with E-state index >= 15 is 0 Å². The standard InChI is InChI=1S/C23H21ClF3N3O3S/c1-16-5-9-19(10-6-16)29-22(31)30(20-4-2-3-17(15-20)23(25,26)27)14-13-28-34(32,33)21-11-7-18(24)8-12-21/h2-12,15,28H,13-14H2,1H3,(H,29,31). The van der Waals surface area contributed by atoms with Crippen molar-refractivity contribution in [1.29, 1.82) is 0 Å². The van der Waals surface area contributed by atoms with Crippen molar-refractivity contribution >= 4 is 39.0 Å². The molecular formula is C23H21ClF3N3O3S. The maximum atomic E-state index is 13.2. The topological polar surface area (TPSA) is 78.5 Å². The van der Waals surface area contributed by atoms with Gasteiger partial charge in [-0.3, -0.25) is 4.90 Å². The van der Waals surface area contributed by atoms with Gasteiger partial charge < -0.3 is 5.32 Å². The van der Waals surface area contributed by atoms with Crippen molar-refractivity contribution in [3.05, 3.63) is 88.9 Å². The Kier molecular flexibility index (Phi) is 7.86. The van der Waals surface area contributed by atoms with Crippen LogP contribution in [-0.4, -0.2) is 27.5 Å². The van der Waals surface area contributed by atoms with Crippen LogP contribution < -0.4 is 14.9 Å². The van der Waals surface area contributed by atoms with E-state index in [1.165, 1.54) is 36.4 Å². The van der Waals surface area contributed by atoms with Crippen molar-refractivity contribution in [3.8, 4) is 0 Å². The molecule has 0 unspecified atom stereocenters. The SMILES string of the molecule is Cc1ccc(NC(=O)N(CCNS(=O)(=O)c2ccc(Cl)cc2)c2cccc(C(F)(F)F)c2)cc1. The van der Waals surface area contributed by atoms with E-state index in [2.05, 4.69) is 10.0 Å². The number of rotatable bonds is 7. The Hall–Kier alpha value is -3.08. The third-order valence-corrected chi connectivity index (χ3v) is 6.51. The molecule has 6 nitrogen and oxygen atoms in total. The summed E-state index contributed by atoms with van der Waals surface area (Å²) in [6, 6.07) is 15.9. The monoisotopic (exact) mass is 511 g/mol. The van der Waals surface area contributed by atoms with E-state index in [9.17, 15) is 26.4 Å². The van der Waals surface area contributed by atoms with Crippen LogP contribution in [0.4, 0.5) is 29.3 Å². The summed E-state index contributed by atoms with van der Waals surface area (Å²) < 4.78 is 67.1. The lowest BCUT2D eigenvalue weighted by Gasteiger charge is -2.24. The number of anilines is 2. The van der Waals surface area contributed by atoms with Crippen LogP contribution >= 0.6 is 11.6 Å². The van der Waals surface area contributed by atoms with Crippen LogP contribution in [0.3, 0.4) is 0 Å². The fourth-order valence-corrected chi connectivity index (χ4v) is 4.16. The zero-order valence-corrected chi connectivity index (χ0v) is 19.5. The van der Waals surface area contributed by atoms with E-state index < -0.39 is 27.8 Å². The second-order valence-electron chi connectivity index (χ2n) is 7.35. The molecule has 0 aromatic heterocycles. The number of amides is 2. The first-order valence-corrected chi connectivity index (χ1v) is 11.9. The predicted octanol–water partition coefficient (Wildman–Crippen LogP) is 5.68. The molecule has 0 radical (unpaired) electrons. The smallest absolute Gasteiger partial charge is 0.308 e. The van der Waals surface area contributed by atoms with Gasteiger partial charge in [0.2, 0.25) is 10.0 Å². The fraction of sp³-hybridized carbons (Fsp3) is 0.174. The van der Waals surface area contributed by atoms with E-state index in [0.29, 0.717) is 10.7 Å². The van der Waals surface area contributed by atoms with Gasteiger partial charge in [-0.05, 0) is 61.5 Å². The van der Waals surface area contributed by atoms with Gasteiger partial charge in [-0.2, -0.15) is 13.2 Å². The highest BCUT2D eigenvalue weighted by Crippen LogP contribution is 2.31. The number of benzene rings is 3. The number of halogens is 4. The number of hydrogen-bond donors (Lipinski definition) is 2. The third-order valence-electron chi connectivity index (χ3n) is 4.78. The molecule has 0 aliphatic carbocycles. The van der Waals surface area contributed by atoms with Crippen LogP contribution in [0.25, 0.3) is 0 Å². The van der Waals surface area contributed by atoms with Crippen LogP contribution in [0.5, 0.6) is 0 Å². The van der Waals surface area contributed by atoms with Gasteiger partial charge in [-0.25, -0.2) is 17.9 Å². The van der Waals surface area contributed by atoms with Gasteiger partial charge in [0, 0.05) is 29.5 Å². The summed E-state index contributed by atoms with van der Waals surface area (Å²) in [5.74, 6) is 0. The first-order chi connectivity index (χ1) is 16.0. The van der Waals surface area contributed by atoms with Gasteiger partial charge in [0.1, 0.15) is 0 Å². The van der Waals surface area contributed by atoms with E-state index in [1.807, 2.05) is 6.92 Å². The van der Waals surface area contributed by atoms with Gasteiger partial charge in [-0.15, -0.1) is 0 Å². The molecule has 0 aliphatic rings. The Morgan fingerprint density at radius 1 is 1.00 bits per heavy atom. The van der Waals surface area contributed by atoms with Crippen molar-refractivity contribution in [2.75, 3.05) is 23.3 Å². The lowest BCUT2D eigenvalue weighted by molar-refractivity contribution is -0.137. The Morgan fingerprint density at radius 3 is 2.26 bits per heavy atom. The highest BCUT2D eigenvalue weighted by Gasteiger charge is 2.31. The summed E-state index contributed by atoms with van der Waals surface area (Å²) in [6.07, 6.45) is -4.61. The molecule has 2 N–H and O–H groups in total. The number of aryl methyl sites for hydroxylation is 1. The molecule has 0 atom stereocenters. The maximum absolute atomic E-state index is 13.2. The second kappa shape index (κ2) is 10.5. The van der Waals surface area contributed by atoms with E-state index in [0.717, 1.165) is 22.6 Å². The minimum atomic E-state index is -4.61. The summed E-state index contributed by atoms with van der Waals surface area (Å²) in [4.78, 5) is 14.0. The van der Waals surface area contributed by atoms with Gasteiger partial charge in [0.25, 0.3) is 0 Å². The van der Waals surface area contributed by atoms with Crippen molar-refractivity contribution in [2.24, 2.45) is 0 Å². The molecule has 3 aromatic carbocycles. The summed E-state index contributed by atoms with van der Waals surface area (Å²) in [7, 11) is -3.92. The zero-order chi connectivity index (χ0) is 24.9. The Bertz CT molecular complexity index is 1250. The number of nitrogens with one attached hydrogen (secondary N) is 2. The van der Waals surface area contributed by atoms with Crippen LogP contribution in [0.1, 0.15) is 11.1 Å². The quantitative estimate of drug-likeness (QED) is 0.428. The molecule has 3 aromatic rings. The average Bonchev–Trinajstić information content (AvgIpc) is 2.78. The molecular weight excluding hydrogens is 491 g/mol. The van der Waals surface area contributed by atoms with Gasteiger partial charge in [-0.1, -0.05) is 35.4 Å². The highest BCUT2D eigenvalue weighted by atomic mass is 35.5. The molecule has 180 valence electrons. The molecule has 11 heteroatoms. The van der Waals surface area contributed by atoms with Crippen molar-refractivity contribution < 1.29 is 26.4 Å². The molecule has 0 heterocycles.